The van der Waals surface area contributed by atoms with E-state index < -0.39 is 0 Å². The van der Waals surface area contributed by atoms with E-state index in [4.69, 9.17) is 10.2 Å². The van der Waals surface area contributed by atoms with Crippen LogP contribution in [0.15, 0.2) is 18.2 Å². The Bertz CT molecular complexity index is 202. The Labute approximate surface area is 55.3 Å². The van der Waals surface area contributed by atoms with Crippen LogP contribution in [0, 0.1) is 0 Å². The van der Waals surface area contributed by atoms with Crippen LogP contribution in [0.4, 0.5) is 0 Å². The SMILES string of the molecule is Oc1cccc(P)c1O. The minimum absolute atomic E-state index is 0.0671. The highest BCUT2D eigenvalue weighted by atomic mass is 31.0. The summed E-state index contributed by atoms with van der Waals surface area (Å²) in [6.45, 7) is 0. The van der Waals surface area contributed by atoms with E-state index in [1.54, 1.807) is 12.1 Å². The normalized spacial score (nSPS) is 9.44. The standard InChI is InChI=1S/C6H7O2P/c7-4-2-1-3-5(9)6(4)8/h1-3,7-8H,9H2. The minimum atomic E-state index is -0.0810. The van der Waals surface area contributed by atoms with Gasteiger partial charge < -0.3 is 10.2 Å². The molecule has 0 spiro atoms. The van der Waals surface area contributed by atoms with Crippen LogP contribution in [-0.2, 0) is 0 Å². The average Bonchev–Trinajstić information content (AvgIpc) is 1.83. The second-order valence-corrected chi connectivity index (χ2v) is 2.34. The summed E-state index contributed by atoms with van der Waals surface area (Å²) in [6.07, 6.45) is 0. The van der Waals surface area contributed by atoms with Gasteiger partial charge in [-0.15, -0.1) is 9.24 Å². The van der Waals surface area contributed by atoms with Crippen LogP contribution in [0.2, 0.25) is 0 Å². The lowest BCUT2D eigenvalue weighted by Crippen LogP contribution is -1.88. The molecule has 1 rings (SSSR count). The van der Waals surface area contributed by atoms with Gasteiger partial charge in [0, 0.05) is 5.30 Å². The number of phenols is 2. The first-order chi connectivity index (χ1) is 4.22. The molecule has 3 heteroatoms. The smallest absolute Gasteiger partial charge is 0.164 e. The first-order valence-electron chi connectivity index (χ1n) is 2.48. The molecular formula is C6H7O2P. The van der Waals surface area contributed by atoms with Gasteiger partial charge >= 0.3 is 0 Å². The van der Waals surface area contributed by atoms with Gasteiger partial charge in [0.05, 0.1) is 0 Å². The Morgan fingerprint density at radius 2 is 1.89 bits per heavy atom. The fraction of sp³-hybridized carbons (Fsp3) is 0. The highest BCUT2D eigenvalue weighted by Gasteiger charge is 1.98. The molecule has 0 bridgehead atoms. The van der Waals surface area contributed by atoms with Crippen molar-refractivity contribution in [3.05, 3.63) is 18.2 Å². The maximum absolute atomic E-state index is 8.94. The third-order valence-corrected chi connectivity index (χ3v) is 1.51. The third-order valence-electron chi connectivity index (χ3n) is 1.05. The number of para-hydroxylation sites is 1. The zero-order valence-corrected chi connectivity index (χ0v) is 5.86. The van der Waals surface area contributed by atoms with E-state index in [9.17, 15) is 0 Å². The molecule has 0 saturated carbocycles. The quantitative estimate of drug-likeness (QED) is 0.411. The van der Waals surface area contributed by atoms with Crippen LogP contribution in [0.25, 0.3) is 0 Å². The maximum Gasteiger partial charge on any atom is 0.164 e. The molecule has 0 aliphatic rings. The third kappa shape index (κ3) is 1.14. The fourth-order valence-electron chi connectivity index (χ4n) is 0.549. The molecule has 0 aliphatic carbocycles. The largest absolute Gasteiger partial charge is 0.504 e. The van der Waals surface area contributed by atoms with Crippen molar-refractivity contribution in [3.8, 4) is 11.5 Å². The highest BCUT2D eigenvalue weighted by molar-refractivity contribution is 7.27. The molecule has 1 aromatic rings. The summed E-state index contributed by atoms with van der Waals surface area (Å²) in [7, 11) is 2.31. The molecule has 1 unspecified atom stereocenters. The Kier molecular flexibility index (Phi) is 1.58. The number of rotatable bonds is 0. The summed E-state index contributed by atoms with van der Waals surface area (Å²) in [5.74, 6) is -0.148. The van der Waals surface area contributed by atoms with Crippen LogP contribution in [0.5, 0.6) is 11.5 Å². The predicted octanol–water partition coefficient (Wildman–Crippen LogP) is 0.598. The van der Waals surface area contributed by atoms with E-state index in [1.165, 1.54) is 6.07 Å². The van der Waals surface area contributed by atoms with E-state index >= 15 is 0 Å². The van der Waals surface area contributed by atoms with E-state index in [0.29, 0.717) is 5.30 Å². The van der Waals surface area contributed by atoms with Crippen molar-refractivity contribution in [2.75, 3.05) is 0 Å². The second-order valence-electron chi connectivity index (χ2n) is 1.71. The molecule has 2 nitrogen and oxygen atoms in total. The van der Waals surface area contributed by atoms with Crippen molar-refractivity contribution in [2.45, 2.75) is 0 Å². The fourth-order valence-corrected chi connectivity index (χ4v) is 0.808. The van der Waals surface area contributed by atoms with Gasteiger partial charge in [0.2, 0.25) is 0 Å². The maximum atomic E-state index is 8.94. The predicted molar refractivity (Wildman–Crippen MR) is 39.1 cm³/mol. The molecular weight excluding hydrogens is 135 g/mol. The Morgan fingerprint density at radius 1 is 1.22 bits per heavy atom. The lowest BCUT2D eigenvalue weighted by molar-refractivity contribution is 0.407. The number of hydrogen-bond donors (Lipinski definition) is 2. The van der Waals surface area contributed by atoms with E-state index in [-0.39, 0.29) is 11.5 Å². The number of benzene rings is 1. The zero-order chi connectivity index (χ0) is 6.85. The van der Waals surface area contributed by atoms with Crippen molar-refractivity contribution in [1.82, 2.24) is 0 Å². The number of aromatic hydroxyl groups is 2. The lowest BCUT2D eigenvalue weighted by atomic mass is 10.3. The van der Waals surface area contributed by atoms with E-state index in [1.807, 2.05) is 0 Å². The molecule has 0 fully saturated rings. The number of phenolic OH excluding ortho intramolecular Hbond substituents is 2. The average molecular weight is 142 g/mol. The minimum Gasteiger partial charge on any atom is -0.504 e. The summed E-state index contributed by atoms with van der Waals surface area (Å²) in [6, 6.07) is 4.79. The summed E-state index contributed by atoms with van der Waals surface area (Å²) in [4.78, 5) is 0. The van der Waals surface area contributed by atoms with Crippen LogP contribution in [0.3, 0.4) is 0 Å². The van der Waals surface area contributed by atoms with Crippen LogP contribution >= 0.6 is 9.24 Å². The topological polar surface area (TPSA) is 40.5 Å². The molecule has 0 heterocycles. The summed E-state index contributed by atoms with van der Waals surface area (Å²) >= 11 is 0. The molecule has 0 radical (unpaired) electrons. The van der Waals surface area contributed by atoms with E-state index in [2.05, 4.69) is 9.24 Å². The molecule has 0 aromatic heterocycles. The zero-order valence-electron chi connectivity index (χ0n) is 4.70. The van der Waals surface area contributed by atoms with Gasteiger partial charge in [-0.05, 0) is 6.07 Å². The van der Waals surface area contributed by atoms with Crippen LogP contribution in [-0.4, -0.2) is 10.2 Å². The Hall–Kier alpha value is -0.750. The molecule has 1 aromatic carbocycles. The highest BCUT2D eigenvalue weighted by Crippen LogP contribution is 2.21. The first-order valence-corrected chi connectivity index (χ1v) is 3.06. The lowest BCUT2D eigenvalue weighted by Gasteiger charge is -1.97. The summed E-state index contributed by atoms with van der Waals surface area (Å²) in [5.41, 5.74) is 0. The molecule has 9 heavy (non-hydrogen) atoms. The monoisotopic (exact) mass is 142 g/mol. The second kappa shape index (κ2) is 2.24. The molecule has 48 valence electrons. The van der Waals surface area contributed by atoms with Gasteiger partial charge in [0.1, 0.15) is 0 Å². The first kappa shape index (κ1) is 6.37. The van der Waals surface area contributed by atoms with Gasteiger partial charge in [0.25, 0.3) is 0 Å². The van der Waals surface area contributed by atoms with Gasteiger partial charge in [-0.25, -0.2) is 0 Å². The van der Waals surface area contributed by atoms with Crippen LogP contribution < -0.4 is 5.30 Å². The van der Waals surface area contributed by atoms with Gasteiger partial charge in [0.15, 0.2) is 11.5 Å². The van der Waals surface area contributed by atoms with E-state index in [0.717, 1.165) is 0 Å². The van der Waals surface area contributed by atoms with Crippen molar-refractivity contribution in [3.63, 3.8) is 0 Å². The molecule has 2 N–H and O–H groups in total. The van der Waals surface area contributed by atoms with Crippen molar-refractivity contribution < 1.29 is 10.2 Å². The van der Waals surface area contributed by atoms with Crippen molar-refractivity contribution >= 4 is 14.5 Å². The Balaban J connectivity index is 3.25. The Morgan fingerprint density at radius 3 is 2.33 bits per heavy atom. The molecule has 0 aliphatic heterocycles. The molecule has 0 saturated heterocycles. The molecule has 0 amide bonds. The number of hydrogen-bond acceptors (Lipinski definition) is 2. The van der Waals surface area contributed by atoms with Gasteiger partial charge in [-0.1, -0.05) is 12.1 Å². The summed E-state index contributed by atoms with van der Waals surface area (Å²) < 4.78 is 0. The summed E-state index contributed by atoms with van der Waals surface area (Å²) in [5, 5.41) is 18.4. The van der Waals surface area contributed by atoms with Crippen molar-refractivity contribution in [1.29, 1.82) is 0 Å². The van der Waals surface area contributed by atoms with Gasteiger partial charge in [-0.2, -0.15) is 0 Å². The van der Waals surface area contributed by atoms with Crippen LogP contribution in [0.1, 0.15) is 0 Å². The van der Waals surface area contributed by atoms with Gasteiger partial charge in [-0.3, -0.25) is 0 Å². The van der Waals surface area contributed by atoms with Crippen molar-refractivity contribution in [2.24, 2.45) is 0 Å². The molecule has 1 atom stereocenters.